The summed E-state index contributed by atoms with van der Waals surface area (Å²) < 4.78 is 13.0. The highest BCUT2D eigenvalue weighted by atomic mass is 127. The van der Waals surface area contributed by atoms with Gasteiger partial charge in [-0.05, 0) is 58.5 Å². The van der Waals surface area contributed by atoms with Gasteiger partial charge in [0.15, 0.2) is 11.5 Å². The first-order valence-corrected chi connectivity index (χ1v) is 9.64. The Kier molecular flexibility index (Phi) is 5.29. The molecule has 28 heavy (non-hydrogen) atoms. The first kappa shape index (κ1) is 18.5. The summed E-state index contributed by atoms with van der Waals surface area (Å²) >= 11 is 2.23. The lowest BCUT2D eigenvalue weighted by molar-refractivity contribution is -0.121. The third kappa shape index (κ3) is 4.16. The van der Waals surface area contributed by atoms with E-state index in [1.165, 1.54) is 17.0 Å². The Balaban J connectivity index is 1.42. The summed E-state index contributed by atoms with van der Waals surface area (Å²) in [6.07, 6.45) is 1.38. The van der Waals surface area contributed by atoms with Crippen LogP contribution in [0.2, 0.25) is 0 Å². The predicted molar refractivity (Wildman–Crippen MR) is 111 cm³/mol. The van der Waals surface area contributed by atoms with E-state index in [0.29, 0.717) is 23.7 Å². The minimum Gasteiger partial charge on any atom is -0.454 e. The molecule has 0 spiro atoms. The van der Waals surface area contributed by atoms with Crippen LogP contribution >= 0.6 is 22.6 Å². The lowest BCUT2D eigenvalue weighted by Gasteiger charge is -2.08. The second-order valence-corrected chi connectivity index (χ2v) is 7.46. The van der Waals surface area contributed by atoms with E-state index >= 15 is 0 Å². The van der Waals surface area contributed by atoms with Crippen LogP contribution in [0.15, 0.2) is 59.7 Å². The topological polar surface area (TPSA) is 82.5 Å². The lowest BCUT2D eigenvalue weighted by atomic mass is 10.1. The number of amides is 1. The van der Waals surface area contributed by atoms with Crippen molar-refractivity contribution in [2.75, 3.05) is 6.79 Å². The summed E-state index contributed by atoms with van der Waals surface area (Å²) in [4.78, 5) is 28.8. The summed E-state index contributed by atoms with van der Waals surface area (Å²) in [6, 6.07) is 14.6. The van der Waals surface area contributed by atoms with E-state index in [0.717, 1.165) is 14.7 Å². The Morgan fingerprint density at radius 2 is 1.89 bits per heavy atom. The molecule has 0 bridgehead atoms. The molecule has 0 fully saturated rings. The molecule has 0 aliphatic carbocycles. The fraction of sp³-hybridized carbons (Fsp3) is 0.150. The molecule has 1 aliphatic heterocycles. The third-order valence-electron chi connectivity index (χ3n) is 4.26. The summed E-state index contributed by atoms with van der Waals surface area (Å²) in [5.74, 6) is 1.04. The average Bonchev–Trinajstić information content (AvgIpc) is 3.17. The molecule has 0 saturated carbocycles. The Morgan fingerprint density at radius 3 is 2.68 bits per heavy atom. The third-order valence-corrected chi connectivity index (χ3v) is 4.98. The van der Waals surface area contributed by atoms with E-state index in [4.69, 9.17) is 9.47 Å². The van der Waals surface area contributed by atoms with E-state index in [9.17, 15) is 9.59 Å². The number of hydrogen-bond acceptors (Lipinski definition) is 5. The Labute approximate surface area is 174 Å². The van der Waals surface area contributed by atoms with Gasteiger partial charge in [-0.3, -0.25) is 14.2 Å². The monoisotopic (exact) mass is 489 g/mol. The average molecular weight is 489 g/mol. The maximum absolute atomic E-state index is 12.4. The lowest BCUT2D eigenvalue weighted by Crippen LogP contribution is -2.31. The maximum Gasteiger partial charge on any atom is 0.254 e. The molecule has 2 heterocycles. The van der Waals surface area contributed by atoms with Crippen molar-refractivity contribution >= 4 is 28.5 Å². The highest BCUT2D eigenvalue weighted by molar-refractivity contribution is 14.1. The van der Waals surface area contributed by atoms with E-state index in [-0.39, 0.29) is 24.8 Å². The van der Waals surface area contributed by atoms with Gasteiger partial charge in [-0.1, -0.05) is 12.1 Å². The quantitative estimate of drug-likeness (QED) is 0.558. The first-order valence-electron chi connectivity index (χ1n) is 8.56. The minimum atomic E-state index is -0.299. The van der Waals surface area contributed by atoms with Crippen LogP contribution in [0.1, 0.15) is 5.56 Å². The largest absolute Gasteiger partial charge is 0.454 e. The molecule has 8 heteroatoms. The summed E-state index contributed by atoms with van der Waals surface area (Å²) in [5, 5.41) is 2.81. The minimum absolute atomic E-state index is 0.0857. The second-order valence-electron chi connectivity index (χ2n) is 6.21. The van der Waals surface area contributed by atoms with Crippen molar-refractivity contribution in [2.45, 2.75) is 13.1 Å². The standard InChI is InChI=1S/C20H16IN3O4/c21-15-4-1-13(2-5-15)9-22-19(25)10-24-11-23-16(8-20(24)26)14-3-6-17-18(7-14)28-12-27-17/h1-8,11H,9-10,12H2,(H,22,25). The zero-order valence-corrected chi connectivity index (χ0v) is 16.9. The Bertz CT molecular complexity index is 1080. The van der Waals surface area contributed by atoms with Gasteiger partial charge in [-0.15, -0.1) is 0 Å². The number of benzene rings is 2. The number of halogens is 1. The molecule has 1 aliphatic rings. The van der Waals surface area contributed by atoms with Crippen LogP contribution < -0.4 is 20.3 Å². The number of fused-ring (bicyclic) bond motifs is 1. The predicted octanol–water partition coefficient (Wildman–Crippen LogP) is 2.56. The van der Waals surface area contributed by atoms with Crippen molar-refractivity contribution in [3.63, 3.8) is 0 Å². The van der Waals surface area contributed by atoms with E-state index in [1.807, 2.05) is 30.3 Å². The SMILES string of the molecule is O=C(Cn1cnc(-c2ccc3c(c2)OCO3)cc1=O)NCc1ccc(I)cc1. The van der Waals surface area contributed by atoms with Gasteiger partial charge in [0.2, 0.25) is 12.7 Å². The molecule has 1 amide bonds. The molecule has 1 aromatic heterocycles. The van der Waals surface area contributed by atoms with Gasteiger partial charge in [0.05, 0.1) is 12.0 Å². The Hall–Kier alpha value is -2.88. The van der Waals surface area contributed by atoms with Gasteiger partial charge >= 0.3 is 0 Å². The number of nitrogens with zero attached hydrogens (tertiary/aromatic N) is 2. The molecular formula is C20H16IN3O4. The summed E-state index contributed by atoms with van der Waals surface area (Å²) in [6.45, 7) is 0.510. The van der Waals surface area contributed by atoms with Gasteiger partial charge in [-0.2, -0.15) is 0 Å². The van der Waals surface area contributed by atoms with Crippen LogP contribution in [-0.2, 0) is 17.9 Å². The van der Waals surface area contributed by atoms with Crippen LogP contribution in [0.5, 0.6) is 11.5 Å². The van der Waals surface area contributed by atoms with Gasteiger partial charge < -0.3 is 14.8 Å². The van der Waals surface area contributed by atoms with E-state index in [2.05, 4.69) is 32.9 Å². The molecule has 142 valence electrons. The highest BCUT2D eigenvalue weighted by Crippen LogP contribution is 2.35. The van der Waals surface area contributed by atoms with Crippen molar-refractivity contribution in [1.29, 1.82) is 0 Å². The van der Waals surface area contributed by atoms with E-state index in [1.54, 1.807) is 12.1 Å². The van der Waals surface area contributed by atoms with Crippen LogP contribution in [0, 0.1) is 3.57 Å². The maximum atomic E-state index is 12.4. The van der Waals surface area contributed by atoms with Crippen LogP contribution in [0.4, 0.5) is 0 Å². The smallest absolute Gasteiger partial charge is 0.254 e. The van der Waals surface area contributed by atoms with Crippen LogP contribution in [0.25, 0.3) is 11.3 Å². The molecule has 7 nitrogen and oxygen atoms in total. The number of ether oxygens (including phenoxy) is 2. The number of hydrogen-bond donors (Lipinski definition) is 1. The first-order chi connectivity index (χ1) is 13.6. The highest BCUT2D eigenvalue weighted by Gasteiger charge is 2.15. The van der Waals surface area contributed by atoms with Gasteiger partial charge in [0.1, 0.15) is 6.54 Å². The van der Waals surface area contributed by atoms with Crippen molar-refractivity contribution in [3.8, 4) is 22.8 Å². The van der Waals surface area contributed by atoms with Crippen molar-refractivity contribution < 1.29 is 14.3 Å². The van der Waals surface area contributed by atoms with Crippen LogP contribution in [0.3, 0.4) is 0 Å². The van der Waals surface area contributed by atoms with Gasteiger partial charge in [-0.25, -0.2) is 4.98 Å². The van der Waals surface area contributed by atoms with Crippen molar-refractivity contribution in [3.05, 3.63) is 74.3 Å². The molecule has 0 unspecified atom stereocenters. The number of nitrogens with one attached hydrogen (secondary N) is 1. The fourth-order valence-electron chi connectivity index (χ4n) is 2.77. The summed E-state index contributed by atoms with van der Waals surface area (Å²) in [7, 11) is 0. The molecule has 3 aromatic rings. The zero-order valence-electron chi connectivity index (χ0n) is 14.7. The molecule has 1 N–H and O–H groups in total. The molecule has 2 aromatic carbocycles. The number of carbonyl (C=O) groups excluding carboxylic acids is 1. The number of rotatable bonds is 5. The molecular weight excluding hydrogens is 473 g/mol. The van der Waals surface area contributed by atoms with E-state index < -0.39 is 0 Å². The van der Waals surface area contributed by atoms with Crippen molar-refractivity contribution in [1.82, 2.24) is 14.9 Å². The normalized spacial score (nSPS) is 12.0. The number of carbonyl (C=O) groups is 1. The van der Waals surface area contributed by atoms with Crippen molar-refractivity contribution in [2.24, 2.45) is 0 Å². The summed E-state index contributed by atoms with van der Waals surface area (Å²) in [5.41, 5.74) is 1.96. The molecule has 0 atom stereocenters. The van der Waals surface area contributed by atoms with Gasteiger partial charge in [0.25, 0.3) is 5.56 Å². The Morgan fingerprint density at radius 1 is 1.11 bits per heavy atom. The second kappa shape index (κ2) is 8.01. The molecule has 4 rings (SSSR count). The molecule has 0 saturated heterocycles. The van der Waals surface area contributed by atoms with Gasteiger partial charge in [0, 0.05) is 21.7 Å². The zero-order chi connectivity index (χ0) is 19.5. The number of aromatic nitrogens is 2. The van der Waals surface area contributed by atoms with Crippen LogP contribution in [-0.4, -0.2) is 22.3 Å². The fourth-order valence-corrected chi connectivity index (χ4v) is 3.13. The molecule has 0 radical (unpaired) electrons.